The van der Waals surface area contributed by atoms with Crippen LogP contribution in [0.4, 0.5) is 0 Å². The van der Waals surface area contributed by atoms with Crippen molar-refractivity contribution >= 4 is 17.3 Å². The highest BCUT2D eigenvalue weighted by atomic mass is 32.1. The number of hydrogen-bond acceptors (Lipinski definition) is 5. The molecule has 1 N–H and O–H groups in total. The van der Waals surface area contributed by atoms with Crippen molar-refractivity contribution in [3.63, 3.8) is 0 Å². The number of methoxy groups -OCH3 is 2. The number of benzene rings is 1. The molecule has 0 radical (unpaired) electrons. The van der Waals surface area contributed by atoms with Crippen LogP contribution in [0.2, 0.25) is 0 Å². The van der Waals surface area contributed by atoms with Gasteiger partial charge in [0.05, 0.1) is 19.9 Å². The first kappa shape index (κ1) is 16.3. The fraction of sp³-hybridized carbons (Fsp3) is 0.375. The SMILES string of the molecule is CCCCc1nc(-c2ccc(OC)c(OC)c2)sc1C(=O)O. The lowest BCUT2D eigenvalue weighted by molar-refractivity contribution is 0.0700. The number of nitrogens with zero attached hydrogens (tertiary/aromatic N) is 1. The third kappa shape index (κ3) is 3.39. The molecule has 1 aromatic carbocycles. The Balaban J connectivity index is 2.42. The summed E-state index contributed by atoms with van der Waals surface area (Å²) < 4.78 is 10.5. The summed E-state index contributed by atoms with van der Waals surface area (Å²) in [5.41, 5.74) is 1.48. The van der Waals surface area contributed by atoms with Gasteiger partial charge in [-0.25, -0.2) is 9.78 Å². The minimum absolute atomic E-state index is 0.318. The number of unbranched alkanes of at least 4 members (excludes halogenated alkanes) is 1. The number of aryl methyl sites for hydroxylation is 1. The molecule has 0 aliphatic heterocycles. The predicted octanol–water partition coefficient (Wildman–Crippen LogP) is 3.87. The molecule has 0 unspecified atom stereocenters. The van der Waals surface area contributed by atoms with Crippen LogP contribution in [0.1, 0.15) is 35.1 Å². The summed E-state index contributed by atoms with van der Waals surface area (Å²) in [6, 6.07) is 5.46. The standard InChI is InChI=1S/C16H19NO4S/c1-4-5-6-11-14(16(18)19)22-15(17-11)10-7-8-12(20-2)13(9-10)21-3/h7-9H,4-6H2,1-3H3,(H,18,19). The van der Waals surface area contributed by atoms with E-state index in [4.69, 9.17) is 9.47 Å². The summed E-state index contributed by atoms with van der Waals surface area (Å²) in [5, 5.41) is 10.0. The Morgan fingerprint density at radius 1 is 1.27 bits per heavy atom. The van der Waals surface area contributed by atoms with E-state index in [1.807, 2.05) is 12.1 Å². The minimum atomic E-state index is -0.921. The van der Waals surface area contributed by atoms with E-state index in [0.717, 1.165) is 18.4 Å². The third-order valence-corrected chi connectivity index (χ3v) is 4.42. The molecule has 0 aliphatic rings. The van der Waals surface area contributed by atoms with E-state index >= 15 is 0 Å². The van der Waals surface area contributed by atoms with Gasteiger partial charge in [-0.15, -0.1) is 11.3 Å². The average Bonchev–Trinajstić information content (AvgIpc) is 2.96. The van der Waals surface area contributed by atoms with E-state index in [1.165, 1.54) is 11.3 Å². The van der Waals surface area contributed by atoms with Gasteiger partial charge in [0.15, 0.2) is 11.5 Å². The highest BCUT2D eigenvalue weighted by molar-refractivity contribution is 7.17. The van der Waals surface area contributed by atoms with Gasteiger partial charge in [0.25, 0.3) is 0 Å². The van der Waals surface area contributed by atoms with Crippen LogP contribution >= 0.6 is 11.3 Å². The maximum atomic E-state index is 11.4. The molecule has 1 heterocycles. The Hall–Kier alpha value is -2.08. The van der Waals surface area contributed by atoms with E-state index in [9.17, 15) is 9.90 Å². The van der Waals surface area contributed by atoms with E-state index in [2.05, 4.69) is 11.9 Å². The van der Waals surface area contributed by atoms with Crippen LogP contribution in [0.25, 0.3) is 10.6 Å². The van der Waals surface area contributed by atoms with Crippen LogP contribution < -0.4 is 9.47 Å². The van der Waals surface area contributed by atoms with Crippen molar-refractivity contribution in [2.24, 2.45) is 0 Å². The fourth-order valence-corrected chi connectivity index (χ4v) is 3.07. The quantitative estimate of drug-likeness (QED) is 0.838. The molecule has 6 heteroatoms. The molecule has 1 aromatic heterocycles. The van der Waals surface area contributed by atoms with Crippen LogP contribution in [0.5, 0.6) is 11.5 Å². The van der Waals surface area contributed by atoms with Gasteiger partial charge in [0, 0.05) is 5.56 Å². The molecule has 0 aliphatic carbocycles. The summed E-state index contributed by atoms with van der Waals surface area (Å²) in [4.78, 5) is 16.2. The van der Waals surface area contributed by atoms with E-state index in [0.29, 0.717) is 33.5 Å². The predicted molar refractivity (Wildman–Crippen MR) is 86.2 cm³/mol. The summed E-state index contributed by atoms with van der Waals surface area (Å²) in [5.74, 6) is 0.310. The van der Waals surface area contributed by atoms with Crippen molar-refractivity contribution < 1.29 is 19.4 Å². The van der Waals surface area contributed by atoms with Crippen molar-refractivity contribution in [2.45, 2.75) is 26.2 Å². The second-order valence-corrected chi connectivity index (χ2v) is 5.77. The normalized spacial score (nSPS) is 10.5. The molecule has 0 atom stereocenters. The molecule has 0 spiro atoms. The number of rotatable bonds is 7. The van der Waals surface area contributed by atoms with E-state index in [1.54, 1.807) is 20.3 Å². The zero-order chi connectivity index (χ0) is 16.1. The van der Waals surface area contributed by atoms with Crippen molar-refractivity contribution in [3.05, 3.63) is 28.8 Å². The first-order valence-electron chi connectivity index (χ1n) is 7.06. The topological polar surface area (TPSA) is 68.7 Å². The number of aromatic carboxylic acids is 1. The highest BCUT2D eigenvalue weighted by Gasteiger charge is 2.18. The van der Waals surface area contributed by atoms with Gasteiger partial charge < -0.3 is 14.6 Å². The van der Waals surface area contributed by atoms with Gasteiger partial charge in [0.2, 0.25) is 0 Å². The zero-order valence-electron chi connectivity index (χ0n) is 12.9. The molecule has 0 saturated heterocycles. The van der Waals surface area contributed by atoms with Crippen LogP contribution in [0.15, 0.2) is 18.2 Å². The highest BCUT2D eigenvalue weighted by Crippen LogP contribution is 2.35. The number of hydrogen-bond donors (Lipinski definition) is 1. The summed E-state index contributed by atoms with van der Waals surface area (Å²) in [7, 11) is 3.14. The number of ether oxygens (including phenoxy) is 2. The molecule has 5 nitrogen and oxygen atoms in total. The van der Waals surface area contributed by atoms with Crippen LogP contribution in [0.3, 0.4) is 0 Å². The largest absolute Gasteiger partial charge is 0.493 e. The molecular weight excluding hydrogens is 302 g/mol. The second-order valence-electron chi connectivity index (χ2n) is 4.77. The molecule has 0 bridgehead atoms. The van der Waals surface area contributed by atoms with Crippen LogP contribution in [-0.4, -0.2) is 30.3 Å². The third-order valence-electron chi connectivity index (χ3n) is 3.29. The van der Waals surface area contributed by atoms with Crippen molar-refractivity contribution in [2.75, 3.05) is 14.2 Å². The number of carboxylic acid groups (broad SMARTS) is 1. The van der Waals surface area contributed by atoms with Gasteiger partial charge in [0.1, 0.15) is 9.88 Å². The maximum Gasteiger partial charge on any atom is 0.347 e. The first-order valence-corrected chi connectivity index (χ1v) is 7.87. The van der Waals surface area contributed by atoms with Crippen LogP contribution in [-0.2, 0) is 6.42 Å². The Morgan fingerprint density at radius 2 is 2.00 bits per heavy atom. The van der Waals surface area contributed by atoms with E-state index in [-0.39, 0.29) is 0 Å². The van der Waals surface area contributed by atoms with Gasteiger partial charge in [-0.1, -0.05) is 13.3 Å². The molecule has 118 valence electrons. The Labute approximate surface area is 133 Å². The lowest BCUT2D eigenvalue weighted by Gasteiger charge is -2.08. The lowest BCUT2D eigenvalue weighted by Crippen LogP contribution is -1.98. The fourth-order valence-electron chi connectivity index (χ4n) is 2.13. The summed E-state index contributed by atoms with van der Waals surface area (Å²) in [6.45, 7) is 2.07. The number of carbonyl (C=O) groups is 1. The van der Waals surface area contributed by atoms with Crippen molar-refractivity contribution in [1.29, 1.82) is 0 Å². The van der Waals surface area contributed by atoms with Gasteiger partial charge in [-0.2, -0.15) is 0 Å². The number of carboxylic acids is 1. The Bertz CT molecular complexity index is 666. The lowest BCUT2D eigenvalue weighted by atomic mass is 10.2. The molecule has 22 heavy (non-hydrogen) atoms. The Kier molecular flexibility index (Phi) is 5.38. The van der Waals surface area contributed by atoms with E-state index < -0.39 is 5.97 Å². The molecular formula is C16H19NO4S. The maximum absolute atomic E-state index is 11.4. The van der Waals surface area contributed by atoms with Gasteiger partial charge in [-0.3, -0.25) is 0 Å². The smallest absolute Gasteiger partial charge is 0.347 e. The molecule has 0 amide bonds. The van der Waals surface area contributed by atoms with Gasteiger partial charge in [-0.05, 0) is 31.0 Å². The van der Waals surface area contributed by atoms with Crippen LogP contribution in [0, 0.1) is 0 Å². The monoisotopic (exact) mass is 321 g/mol. The van der Waals surface area contributed by atoms with Gasteiger partial charge >= 0.3 is 5.97 Å². The number of thiazole rings is 1. The molecule has 2 aromatic rings. The van der Waals surface area contributed by atoms with Crippen molar-refractivity contribution in [1.82, 2.24) is 4.98 Å². The zero-order valence-corrected chi connectivity index (χ0v) is 13.7. The van der Waals surface area contributed by atoms with Crippen molar-refractivity contribution in [3.8, 4) is 22.1 Å². The Morgan fingerprint density at radius 3 is 2.59 bits per heavy atom. The second kappa shape index (κ2) is 7.26. The minimum Gasteiger partial charge on any atom is -0.493 e. The average molecular weight is 321 g/mol. The molecule has 2 rings (SSSR count). The summed E-state index contributed by atoms with van der Waals surface area (Å²) in [6.07, 6.45) is 2.61. The number of aromatic nitrogens is 1. The molecule has 0 fully saturated rings. The summed E-state index contributed by atoms with van der Waals surface area (Å²) >= 11 is 1.20. The molecule has 0 saturated carbocycles. The first-order chi connectivity index (χ1) is 10.6.